The number of aryl methyl sites for hydroxylation is 1. The van der Waals surface area contributed by atoms with E-state index in [2.05, 4.69) is 4.98 Å². The van der Waals surface area contributed by atoms with E-state index < -0.39 is 0 Å². The molecule has 110 valence electrons. The third kappa shape index (κ3) is 10.4. The van der Waals surface area contributed by atoms with Gasteiger partial charge in [0.05, 0.1) is 13.2 Å². The van der Waals surface area contributed by atoms with Crippen molar-refractivity contribution >= 4 is 0 Å². The average molecular weight is 616 g/mol. The van der Waals surface area contributed by atoms with E-state index in [1.165, 1.54) is 0 Å². The van der Waals surface area contributed by atoms with E-state index >= 15 is 0 Å². The summed E-state index contributed by atoms with van der Waals surface area (Å²) in [5, 5.41) is 17.1. The van der Waals surface area contributed by atoms with Gasteiger partial charge in [0.2, 0.25) is 0 Å². The summed E-state index contributed by atoms with van der Waals surface area (Å²) in [5.41, 5.74) is 1.85. The van der Waals surface area contributed by atoms with Gasteiger partial charge in [-0.3, -0.25) is 4.98 Å². The SMILES string of the molecule is C[n+]1ccc(CO)cc1.OCc1ccncc1.[CH3-].[W].[W]. The Kier molecular flexibility index (Phi) is 18.4. The van der Waals surface area contributed by atoms with Gasteiger partial charge in [0.1, 0.15) is 7.05 Å². The first-order valence-corrected chi connectivity index (χ1v) is 5.31. The van der Waals surface area contributed by atoms with Crippen LogP contribution in [0.4, 0.5) is 0 Å². The van der Waals surface area contributed by atoms with E-state index in [0.717, 1.165) is 11.1 Å². The van der Waals surface area contributed by atoms with Crippen molar-refractivity contribution in [1.82, 2.24) is 4.98 Å². The van der Waals surface area contributed by atoms with E-state index in [1.807, 2.05) is 36.1 Å². The van der Waals surface area contributed by atoms with Gasteiger partial charge < -0.3 is 17.6 Å². The molecule has 6 heteroatoms. The van der Waals surface area contributed by atoms with Crippen molar-refractivity contribution in [3.05, 3.63) is 67.6 Å². The van der Waals surface area contributed by atoms with E-state index in [1.54, 1.807) is 24.5 Å². The van der Waals surface area contributed by atoms with Crippen LogP contribution in [0.5, 0.6) is 0 Å². The number of aromatic nitrogens is 2. The van der Waals surface area contributed by atoms with Crippen LogP contribution in [0.1, 0.15) is 11.1 Å². The van der Waals surface area contributed by atoms with Crippen LogP contribution in [-0.4, -0.2) is 15.2 Å². The van der Waals surface area contributed by atoms with E-state index in [-0.39, 0.29) is 62.8 Å². The molecule has 0 aliphatic carbocycles. The summed E-state index contributed by atoms with van der Waals surface area (Å²) in [6.45, 7) is 0.226. The number of hydrogen-bond donors (Lipinski definition) is 2. The van der Waals surface area contributed by atoms with Gasteiger partial charge in [-0.2, -0.15) is 0 Å². The first-order valence-electron chi connectivity index (χ1n) is 5.31. The van der Waals surface area contributed by atoms with E-state index in [4.69, 9.17) is 10.2 Å². The Balaban J connectivity index is -0.000000252. The Morgan fingerprint density at radius 3 is 1.65 bits per heavy atom. The number of nitrogens with zero attached hydrogens (tertiary/aromatic N) is 2. The van der Waals surface area contributed by atoms with Gasteiger partial charge in [-0.25, -0.2) is 4.57 Å². The van der Waals surface area contributed by atoms with Gasteiger partial charge in [0, 0.05) is 66.7 Å². The van der Waals surface area contributed by atoms with Gasteiger partial charge in [0.15, 0.2) is 12.4 Å². The summed E-state index contributed by atoms with van der Waals surface area (Å²) in [5.74, 6) is 0. The van der Waals surface area contributed by atoms with Crippen LogP contribution in [0.25, 0.3) is 0 Å². The molecular weight excluding hydrogens is 596 g/mol. The molecule has 0 saturated heterocycles. The molecule has 0 spiro atoms. The number of aliphatic hydroxyl groups excluding tert-OH is 2. The summed E-state index contributed by atoms with van der Waals surface area (Å²) < 4.78 is 1.93. The van der Waals surface area contributed by atoms with Gasteiger partial charge in [-0.1, -0.05) is 0 Å². The third-order valence-corrected chi connectivity index (χ3v) is 2.16. The molecule has 0 saturated carbocycles. The molecule has 20 heavy (non-hydrogen) atoms. The Morgan fingerprint density at radius 2 is 1.30 bits per heavy atom. The minimum Gasteiger partial charge on any atom is -0.392 e. The predicted octanol–water partition coefficient (Wildman–Crippen LogP) is 1.02. The van der Waals surface area contributed by atoms with Crippen molar-refractivity contribution in [3.63, 3.8) is 0 Å². The molecule has 0 aromatic carbocycles. The number of hydrogen-bond acceptors (Lipinski definition) is 3. The van der Waals surface area contributed by atoms with Crippen LogP contribution in [0.3, 0.4) is 0 Å². The van der Waals surface area contributed by atoms with Crippen LogP contribution in [0, 0.1) is 7.43 Å². The Hall–Kier alpha value is -0.403. The summed E-state index contributed by atoms with van der Waals surface area (Å²) in [6.07, 6.45) is 7.13. The maximum atomic E-state index is 8.62. The maximum Gasteiger partial charge on any atom is 0.168 e. The third-order valence-electron chi connectivity index (χ3n) is 2.16. The average Bonchev–Trinajstić information content (AvgIpc) is 2.41. The molecule has 2 N–H and O–H groups in total. The maximum absolute atomic E-state index is 8.62. The van der Waals surface area contributed by atoms with Crippen molar-refractivity contribution < 1.29 is 56.9 Å². The molecule has 4 nitrogen and oxygen atoms in total. The molecule has 0 bridgehead atoms. The van der Waals surface area contributed by atoms with Gasteiger partial charge >= 0.3 is 0 Å². The summed E-state index contributed by atoms with van der Waals surface area (Å²) >= 11 is 0. The molecule has 0 aliphatic rings. The van der Waals surface area contributed by atoms with Crippen LogP contribution >= 0.6 is 0 Å². The molecule has 0 atom stereocenters. The summed E-state index contributed by atoms with van der Waals surface area (Å²) in [7, 11) is 1.95. The first kappa shape index (κ1) is 24.6. The minimum atomic E-state index is 0. The molecule has 0 radical (unpaired) electrons. The van der Waals surface area contributed by atoms with Crippen molar-refractivity contribution in [2.45, 2.75) is 13.2 Å². The van der Waals surface area contributed by atoms with Crippen molar-refractivity contribution in [3.8, 4) is 0 Å². The summed E-state index contributed by atoms with van der Waals surface area (Å²) in [6, 6.07) is 7.33. The molecule has 0 fully saturated rings. The van der Waals surface area contributed by atoms with Crippen molar-refractivity contribution in [2.75, 3.05) is 0 Å². The van der Waals surface area contributed by atoms with Gasteiger partial charge in [-0.15, -0.1) is 0 Å². The number of rotatable bonds is 2. The predicted molar refractivity (Wildman–Crippen MR) is 70.1 cm³/mol. The zero-order valence-corrected chi connectivity index (χ0v) is 17.5. The second-order valence-electron chi connectivity index (χ2n) is 3.54. The number of pyridine rings is 2. The smallest absolute Gasteiger partial charge is 0.168 e. The Bertz CT molecular complexity index is 425. The largest absolute Gasteiger partial charge is 0.392 e. The van der Waals surface area contributed by atoms with Crippen molar-refractivity contribution in [2.24, 2.45) is 7.05 Å². The zero-order chi connectivity index (χ0) is 12.5. The fourth-order valence-corrected chi connectivity index (χ4v) is 1.13. The molecule has 2 heterocycles. The van der Waals surface area contributed by atoms with Gasteiger partial charge in [-0.05, 0) is 23.3 Å². The molecule has 0 unspecified atom stereocenters. The van der Waals surface area contributed by atoms with Crippen LogP contribution in [0.2, 0.25) is 0 Å². The fourth-order valence-electron chi connectivity index (χ4n) is 1.13. The molecule has 2 aromatic heterocycles. The monoisotopic (exact) mass is 616 g/mol. The Morgan fingerprint density at radius 1 is 0.900 bits per heavy atom. The Labute approximate surface area is 149 Å². The first-order chi connectivity index (χ1) is 8.26. The minimum absolute atomic E-state index is 0. The van der Waals surface area contributed by atoms with Crippen molar-refractivity contribution in [1.29, 1.82) is 0 Å². The van der Waals surface area contributed by atoms with E-state index in [9.17, 15) is 0 Å². The zero-order valence-electron chi connectivity index (χ0n) is 11.6. The van der Waals surface area contributed by atoms with Crippen LogP contribution < -0.4 is 4.57 Å². The topological polar surface area (TPSA) is 57.2 Å². The molecule has 2 aromatic rings. The second kappa shape index (κ2) is 15.0. The van der Waals surface area contributed by atoms with E-state index in [0.29, 0.717) is 0 Å². The molecule has 0 aliphatic heterocycles. The van der Waals surface area contributed by atoms with Crippen LogP contribution in [0.15, 0.2) is 49.1 Å². The van der Waals surface area contributed by atoms with Crippen LogP contribution in [-0.2, 0) is 62.4 Å². The second-order valence-corrected chi connectivity index (χ2v) is 3.54. The normalized spacial score (nSPS) is 7.95. The quantitative estimate of drug-likeness (QED) is 0.392. The summed E-state index contributed by atoms with van der Waals surface area (Å²) in [4.78, 5) is 3.78. The standard InChI is InChI=1S/C7H10NO.C6H7NO.CH3.2W/c1-8-4-2-7(6-9)3-5-8;8-5-6-1-3-7-4-2-6;;;/h2-5,9H,6H2,1H3;1-4,8H,5H2;1H3;;/q+1;;-1;;. The van der Waals surface area contributed by atoms with Gasteiger partial charge in [0.25, 0.3) is 0 Å². The number of aliphatic hydroxyl groups is 2. The molecule has 0 amide bonds. The molecule has 2 rings (SSSR count). The molecular formula is C14H20N2O2W2. The fraction of sp³-hybridized carbons (Fsp3) is 0.214.